The molecular formula is C13H19NOS. The van der Waals surface area contributed by atoms with Crippen molar-refractivity contribution in [2.75, 3.05) is 19.8 Å². The predicted molar refractivity (Wildman–Crippen MR) is 69.0 cm³/mol. The van der Waals surface area contributed by atoms with Crippen LogP contribution in [0.1, 0.15) is 18.1 Å². The molecule has 2 nitrogen and oxygen atoms in total. The number of thioether (sulfide) groups is 1. The van der Waals surface area contributed by atoms with Gasteiger partial charge in [0.05, 0.1) is 18.5 Å². The first-order valence-corrected chi connectivity index (χ1v) is 6.72. The van der Waals surface area contributed by atoms with Gasteiger partial charge in [-0.2, -0.15) is 0 Å². The SMILES string of the molecule is CCNCc1ccc(SC2COC2)c(C)c1. The van der Waals surface area contributed by atoms with E-state index in [0.29, 0.717) is 5.25 Å². The first kappa shape index (κ1) is 12.0. The molecule has 0 unspecified atom stereocenters. The lowest BCUT2D eigenvalue weighted by Crippen LogP contribution is -2.30. The minimum absolute atomic E-state index is 0.665. The number of benzene rings is 1. The third-order valence-electron chi connectivity index (χ3n) is 2.72. The summed E-state index contributed by atoms with van der Waals surface area (Å²) in [6, 6.07) is 6.74. The van der Waals surface area contributed by atoms with E-state index in [1.807, 2.05) is 11.8 Å². The number of rotatable bonds is 5. The highest BCUT2D eigenvalue weighted by atomic mass is 32.2. The summed E-state index contributed by atoms with van der Waals surface area (Å²) in [5, 5.41) is 4.01. The molecule has 1 aromatic carbocycles. The average molecular weight is 237 g/mol. The van der Waals surface area contributed by atoms with Crippen LogP contribution in [0.5, 0.6) is 0 Å². The van der Waals surface area contributed by atoms with Gasteiger partial charge in [0.1, 0.15) is 0 Å². The largest absolute Gasteiger partial charge is 0.379 e. The van der Waals surface area contributed by atoms with Crippen LogP contribution in [-0.4, -0.2) is 25.0 Å². The van der Waals surface area contributed by atoms with Crippen molar-refractivity contribution in [1.82, 2.24) is 5.32 Å². The minimum atomic E-state index is 0.665. The standard InChI is InChI=1S/C13H19NOS/c1-3-14-7-11-4-5-13(10(2)6-11)16-12-8-15-9-12/h4-6,12,14H,3,7-9H2,1-2H3. The summed E-state index contributed by atoms with van der Waals surface area (Å²) in [4.78, 5) is 1.40. The summed E-state index contributed by atoms with van der Waals surface area (Å²) >= 11 is 1.94. The molecule has 0 aliphatic carbocycles. The van der Waals surface area contributed by atoms with Crippen molar-refractivity contribution in [1.29, 1.82) is 0 Å². The van der Waals surface area contributed by atoms with E-state index in [0.717, 1.165) is 26.3 Å². The predicted octanol–water partition coefficient (Wildman–Crippen LogP) is 2.60. The Kier molecular flexibility index (Phi) is 4.27. The fourth-order valence-electron chi connectivity index (χ4n) is 1.68. The fraction of sp³-hybridized carbons (Fsp3) is 0.538. The number of hydrogen-bond acceptors (Lipinski definition) is 3. The number of nitrogens with one attached hydrogen (secondary N) is 1. The molecule has 1 saturated heterocycles. The van der Waals surface area contributed by atoms with Crippen molar-refractivity contribution in [3.63, 3.8) is 0 Å². The van der Waals surface area contributed by atoms with E-state index < -0.39 is 0 Å². The smallest absolute Gasteiger partial charge is 0.0611 e. The van der Waals surface area contributed by atoms with Gasteiger partial charge < -0.3 is 10.1 Å². The molecule has 1 N–H and O–H groups in total. The molecule has 1 fully saturated rings. The van der Waals surface area contributed by atoms with Crippen molar-refractivity contribution in [3.05, 3.63) is 29.3 Å². The van der Waals surface area contributed by atoms with Crippen LogP contribution in [0.25, 0.3) is 0 Å². The van der Waals surface area contributed by atoms with Crippen LogP contribution >= 0.6 is 11.8 Å². The Hall–Kier alpha value is -0.510. The molecule has 0 amide bonds. The average Bonchev–Trinajstić information content (AvgIpc) is 2.22. The number of aryl methyl sites for hydroxylation is 1. The van der Waals surface area contributed by atoms with E-state index in [4.69, 9.17) is 4.74 Å². The van der Waals surface area contributed by atoms with Gasteiger partial charge in [-0.05, 0) is 30.7 Å². The van der Waals surface area contributed by atoms with Crippen LogP contribution < -0.4 is 5.32 Å². The molecule has 88 valence electrons. The summed E-state index contributed by atoms with van der Waals surface area (Å²) in [7, 11) is 0. The first-order chi connectivity index (χ1) is 7.79. The zero-order valence-corrected chi connectivity index (χ0v) is 10.8. The normalized spacial score (nSPS) is 16.1. The van der Waals surface area contributed by atoms with E-state index >= 15 is 0 Å². The Labute approximate surface area is 102 Å². The molecule has 1 heterocycles. The third kappa shape index (κ3) is 3.00. The van der Waals surface area contributed by atoms with E-state index in [-0.39, 0.29) is 0 Å². The lowest BCUT2D eigenvalue weighted by Gasteiger charge is -2.25. The molecule has 0 bridgehead atoms. The molecule has 3 heteroatoms. The van der Waals surface area contributed by atoms with Gasteiger partial charge in [-0.3, -0.25) is 0 Å². The fourth-order valence-corrected chi connectivity index (χ4v) is 2.76. The van der Waals surface area contributed by atoms with Gasteiger partial charge in [0.25, 0.3) is 0 Å². The Morgan fingerprint density at radius 1 is 1.44 bits per heavy atom. The van der Waals surface area contributed by atoms with Gasteiger partial charge >= 0.3 is 0 Å². The molecule has 1 aromatic rings. The topological polar surface area (TPSA) is 21.3 Å². The quantitative estimate of drug-likeness (QED) is 0.850. The Morgan fingerprint density at radius 3 is 2.81 bits per heavy atom. The zero-order chi connectivity index (χ0) is 11.4. The molecule has 0 atom stereocenters. The second kappa shape index (κ2) is 5.71. The van der Waals surface area contributed by atoms with Gasteiger partial charge in [-0.25, -0.2) is 0 Å². The maximum atomic E-state index is 5.19. The van der Waals surface area contributed by atoms with Gasteiger partial charge in [0.15, 0.2) is 0 Å². The summed E-state index contributed by atoms with van der Waals surface area (Å²) in [5.41, 5.74) is 2.75. The zero-order valence-electron chi connectivity index (χ0n) is 9.95. The molecule has 0 aromatic heterocycles. The van der Waals surface area contributed by atoms with Gasteiger partial charge in [0, 0.05) is 11.4 Å². The van der Waals surface area contributed by atoms with E-state index in [2.05, 4.69) is 37.4 Å². The second-order valence-corrected chi connectivity index (χ2v) is 5.50. The van der Waals surface area contributed by atoms with E-state index in [1.54, 1.807) is 0 Å². The van der Waals surface area contributed by atoms with Crippen LogP contribution in [0.15, 0.2) is 23.1 Å². The van der Waals surface area contributed by atoms with Crippen LogP contribution in [0.3, 0.4) is 0 Å². The Bertz CT molecular complexity index is 350. The van der Waals surface area contributed by atoms with Crippen LogP contribution in [0, 0.1) is 6.92 Å². The second-order valence-electron chi connectivity index (χ2n) is 4.16. The summed E-state index contributed by atoms with van der Waals surface area (Å²) in [6.07, 6.45) is 0. The lowest BCUT2D eigenvalue weighted by molar-refractivity contribution is 0.0455. The van der Waals surface area contributed by atoms with E-state index in [9.17, 15) is 0 Å². The molecule has 0 radical (unpaired) electrons. The molecule has 1 aliphatic rings. The monoisotopic (exact) mass is 237 g/mol. The highest BCUT2D eigenvalue weighted by molar-refractivity contribution is 8.00. The number of ether oxygens (including phenoxy) is 1. The van der Waals surface area contributed by atoms with Crippen LogP contribution in [0.4, 0.5) is 0 Å². The van der Waals surface area contributed by atoms with Crippen molar-refractivity contribution in [3.8, 4) is 0 Å². The Balaban J connectivity index is 1.97. The maximum absolute atomic E-state index is 5.19. The molecule has 0 spiro atoms. The van der Waals surface area contributed by atoms with Crippen molar-refractivity contribution in [2.24, 2.45) is 0 Å². The maximum Gasteiger partial charge on any atom is 0.0611 e. The van der Waals surface area contributed by atoms with Crippen molar-refractivity contribution in [2.45, 2.75) is 30.5 Å². The molecular weight excluding hydrogens is 218 g/mol. The first-order valence-electron chi connectivity index (χ1n) is 5.84. The summed E-state index contributed by atoms with van der Waals surface area (Å²) in [6.45, 7) is 8.13. The van der Waals surface area contributed by atoms with Crippen LogP contribution in [0.2, 0.25) is 0 Å². The molecule has 2 rings (SSSR count). The summed E-state index contributed by atoms with van der Waals surface area (Å²) in [5.74, 6) is 0. The Morgan fingerprint density at radius 2 is 2.25 bits per heavy atom. The highest BCUT2D eigenvalue weighted by Gasteiger charge is 2.20. The van der Waals surface area contributed by atoms with Gasteiger partial charge in [-0.1, -0.05) is 19.1 Å². The third-order valence-corrected chi connectivity index (χ3v) is 4.04. The molecule has 0 saturated carbocycles. The molecule has 1 aliphatic heterocycles. The summed E-state index contributed by atoms with van der Waals surface area (Å²) < 4.78 is 5.19. The van der Waals surface area contributed by atoms with E-state index in [1.165, 1.54) is 16.0 Å². The lowest BCUT2D eigenvalue weighted by atomic mass is 10.1. The molecule has 16 heavy (non-hydrogen) atoms. The van der Waals surface area contributed by atoms with Gasteiger partial charge in [-0.15, -0.1) is 11.8 Å². The number of hydrogen-bond donors (Lipinski definition) is 1. The van der Waals surface area contributed by atoms with Crippen LogP contribution in [-0.2, 0) is 11.3 Å². The van der Waals surface area contributed by atoms with Gasteiger partial charge in [0.2, 0.25) is 0 Å². The minimum Gasteiger partial charge on any atom is -0.379 e. The van der Waals surface area contributed by atoms with Crippen molar-refractivity contribution < 1.29 is 4.74 Å². The van der Waals surface area contributed by atoms with Crippen molar-refractivity contribution >= 4 is 11.8 Å². The highest BCUT2D eigenvalue weighted by Crippen LogP contribution is 2.30.